The minimum absolute atomic E-state index is 0.140. The highest BCUT2D eigenvalue weighted by atomic mass is 35.5. The maximum atomic E-state index is 12.9. The molecule has 6 heteroatoms. The molecule has 0 saturated heterocycles. The molecule has 0 spiro atoms. The highest BCUT2D eigenvalue weighted by Crippen LogP contribution is 2.28. The summed E-state index contributed by atoms with van der Waals surface area (Å²) >= 11 is 5.94. The van der Waals surface area contributed by atoms with Crippen molar-refractivity contribution in [1.29, 1.82) is 0 Å². The molecule has 0 atom stereocenters. The molecule has 0 bridgehead atoms. The highest BCUT2D eigenvalue weighted by Gasteiger charge is 2.25. The van der Waals surface area contributed by atoms with Gasteiger partial charge in [0, 0.05) is 34.7 Å². The molecule has 2 amide bonds. The molecule has 0 saturated carbocycles. The Morgan fingerprint density at radius 1 is 1.04 bits per heavy atom. The fourth-order valence-electron chi connectivity index (χ4n) is 3.15. The van der Waals surface area contributed by atoms with Gasteiger partial charge in [0.2, 0.25) is 0 Å². The number of pyridine rings is 1. The molecule has 0 unspecified atom stereocenters. The van der Waals surface area contributed by atoms with E-state index in [1.54, 1.807) is 35.2 Å². The standard InChI is InChI=1S/C21H16ClN3O2/c22-16-5-3-6-17(13-16)24-20(26)18-12-15(8-10-23-18)21(27)25-11-9-14-4-1-2-7-19(14)25/h1-8,10,12-13H,9,11H2,(H,24,26). The van der Waals surface area contributed by atoms with Gasteiger partial charge in [-0.3, -0.25) is 14.6 Å². The van der Waals surface area contributed by atoms with Crippen molar-refractivity contribution in [2.45, 2.75) is 6.42 Å². The van der Waals surface area contributed by atoms with E-state index < -0.39 is 5.91 Å². The van der Waals surface area contributed by atoms with Crippen LogP contribution in [0.25, 0.3) is 0 Å². The van der Waals surface area contributed by atoms with E-state index in [0.717, 1.165) is 17.7 Å². The molecule has 1 N–H and O–H groups in total. The summed E-state index contributed by atoms with van der Waals surface area (Å²) < 4.78 is 0. The second-order valence-corrected chi connectivity index (χ2v) is 6.67. The smallest absolute Gasteiger partial charge is 0.274 e. The topological polar surface area (TPSA) is 62.3 Å². The van der Waals surface area contributed by atoms with E-state index in [4.69, 9.17) is 11.6 Å². The molecule has 3 aromatic rings. The van der Waals surface area contributed by atoms with E-state index in [-0.39, 0.29) is 11.6 Å². The number of carbonyl (C=O) groups is 2. The van der Waals surface area contributed by atoms with Crippen LogP contribution in [0.5, 0.6) is 0 Å². The lowest BCUT2D eigenvalue weighted by Crippen LogP contribution is -2.29. The number of hydrogen-bond donors (Lipinski definition) is 1. The molecule has 5 nitrogen and oxygen atoms in total. The van der Waals surface area contributed by atoms with Crippen LogP contribution >= 0.6 is 11.6 Å². The van der Waals surface area contributed by atoms with E-state index in [9.17, 15) is 9.59 Å². The lowest BCUT2D eigenvalue weighted by atomic mass is 10.1. The SMILES string of the molecule is O=C(Nc1cccc(Cl)c1)c1cc(C(=O)N2CCc3ccccc32)ccn1. The Kier molecular flexibility index (Phi) is 4.60. The average molecular weight is 378 g/mol. The maximum Gasteiger partial charge on any atom is 0.274 e. The fourth-order valence-corrected chi connectivity index (χ4v) is 3.34. The number of nitrogens with one attached hydrogen (secondary N) is 1. The zero-order chi connectivity index (χ0) is 18.8. The van der Waals surface area contributed by atoms with E-state index in [2.05, 4.69) is 10.3 Å². The number of amides is 2. The second kappa shape index (κ2) is 7.21. The number of hydrogen-bond acceptors (Lipinski definition) is 3. The monoisotopic (exact) mass is 377 g/mol. The van der Waals surface area contributed by atoms with Gasteiger partial charge in [0.1, 0.15) is 5.69 Å². The van der Waals surface area contributed by atoms with Crippen LogP contribution in [0.15, 0.2) is 66.9 Å². The minimum atomic E-state index is -0.395. The highest BCUT2D eigenvalue weighted by molar-refractivity contribution is 6.31. The van der Waals surface area contributed by atoms with Gasteiger partial charge in [0.05, 0.1) is 0 Å². The van der Waals surface area contributed by atoms with Gasteiger partial charge in [-0.25, -0.2) is 0 Å². The molecule has 134 valence electrons. The van der Waals surface area contributed by atoms with E-state index in [1.807, 2.05) is 24.3 Å². The van der Waals surface area contributed by atoms with Gasteiger partial charge in [-0.15, -0.1) is 0 Å². The van der Waals surface area contributed by atoms with Crippen molar-refractivity contribution in [2.24, 2.45) is 0 Å². The van der Waals surface area contributed by atoms with Gasteiger partial charge >= 0.3 is 0 Å². The zero-order valence-corrected chi connectivity index (χ0v) is 15.1. The molecule has 0 radical (unpaired) electrons. The Morgan fingerprint density at radius 2 is 1.89 bits per heavy atom. The van der Waals surface area contributed by atoms with Gasteiger partial charge in [-0.05, 0) is 48.4 Å². The molecule has 2 aromatic carbocycles. The van der Waals surface area contributed by atoms with Crippen molar-refractivity contribution in [3.05, 3.63) is 88.7 Å². The van der Waals surface area contributed by atoms with Crippen molar-refractivity contribution in [2.75, 3.05) is 16.8 Å². The first-order chi connectivity index (χ1) is 13.1. The summed E-state index contributed by atoms with van der Waals surface area (Å²) in [6, 6.07) is 17.8. The summed E-state index contributed by atoms with van der Waals surface area (Å²) in [7, 11) is 0. The number of halogens is 1. The quantitative estimate of drug-likeness (QED) is 0.744. The summed E-state index contributed by atoms with van der Waals surface area (Å²) in [5.41, 5.74) is 3.24. The maximum absolute atomic E-state index is 12.9. The number of nitrogens with zero attached hydrogens (tertiary/aromatic N) is 2. The van der Waals surface area contributed by atoms with E-state index in [1.165, 1.54) is 12.3 Å². The van der Waals surface area contributed by atoms with Crippen LogP contribution < -0.4 is 10.2 Å². The largest absolute Gasteiger partial charge is 0.321 e. The van der Waals surface area contributed by atoms with Crippen LogP contribution in [-0.4, -0.2) is 23.3 Å². The molecule has 1 aromatic heterocycles. The predicted octanol–water partition coefficient (Wildman–Crippen LogP) is 4.19. The molecule has 27 heavy (non-hydrogen) atoms. The fraction of sp³-hybridized carbons (Fsp3) is 0.0952. The van der Waals surface area contributed by atoms with Crippen LogP contribution in [-0.2, 0) is 6.42 Å². The number of anilines is 2. The molecular weight excluding hydrogens is 362 g/mol. The van der Waals surface area contributed by atoms with Gasteiger partial charge in [-0.2, -0.15) is 0 Å². The van der Waals surface area contributed by atoms with Crippen molar-refractivity contribution in [1.82, 2.24) is 4.98 Å². The van der Waals surface area contributed by atoms with Crippen LogP contribution in [0.3, 0.4) is 0 Å². The number of fused-ring (bicyclic) bond motifs is 1. The third kappa shape index (κ3) is 3.55. The van der Waals surface area contributed by atoms with Crippen LogP contribution in [0.2, 0.25) is 5.02 Å². The first-order valence-electron chi connectivity index (χ1n) is 8.54. The van der Waals surface area contributed by atoms with Crippen molar-refractivity contribution in [3.8, 4) is 0 Å². The lowest BCUT2D eigenvalue weighted by Gasteiger charge is -2.17. The molecule has 2 heterocycles. The first-order valence-corrected chi connectivity index (χ1v) is 8.92. The van der Waals surface area contributed by atoms with E-state index in [0.29, 0.717) is 22.8 Å². The molecular formula is C21H16ClN3O2. The Morgan fingerprint density at radius 3 is 2.74 bits per heavy atom. The van der Waals surface area contributed by atoms with Gasteiger partial charge < -0.3 is 10.2 Å². The molecule has 0 aliphatic carbocycles. The average Bonchev–Trinajstić information content (AvgIpc) is 3.11. The number of carbonyl (C=O) groups excluding carboxylic acids is 2. The molecule has 1 aliphatic heterocycles. The third-order valence-electron chi connectivity index (χ3n) is 4.45. The summed E-state index contributed by atoms with van der Waals surface area (Å²) in [4.78, 5) is 31.2. The van der Waals surface area contributed by atoms with Crippen molar-refractivity contribution in [3.63, 3.8) is 0 Å². The lowest BCUT2D eigenvalue weighted by molar-refractivity contribution is 0.0989. The van der Waals surface area contributed by atoms with Crippen LogP contribution in [0, 0.1) is 0 Å². The van der Waals surface area contributed by atoms with Gasteiger partial charge in [0.15, 0.2) is 0 Å². The van der Waals surface area contributed by atoms with Crippen molar-refractivity contribution < 1.29 is 9.59 Å². The Labute approximate surface area is 161 Å². The zero-order valence-electron chi connectivity index (χ0n) is 14.4. The second-order valence-electron chi connectivity index (χ2n) is 6.23. The summed E-state index contributed by atoms with van der Waals surface area (Å²) in [5.74, 6) is -0.534. The third-order valence-corrected chi connectivity index (χ3v) is 4.69. The molecule has 4 rings (SSSR count). The molecule has 0 fully saturated rings. The number of rotatable bonds is 3. The normalized spacial score (nSPS) is 12.6. The summed E-state index contributed by atoms with van der Waals surface area (Å²) in [6.07, 6.45) is 2.30. The Bertz CT molecular complexity index is 1040. The predicted molar refractivity (Wildman–Crippen MR) is 105 cm³/mol. The Hall–Kier alpha value is -3.18. The minimum Gasteiger partial charge on any atom is -0.321 e. The molecule has 1 aliphatic rings. The van der Waals surface area contributed by atoms with Crippen LogP contribution in [0.1, 0.15) is 26.4 Å². The van der Waals surface area contributed by atoms with Gasteiger partial charge in [-0.1, -0.05) is 35.9 Å². The number of benzene rings is 2. The number of para-hydroxylation sites is 1. The van der Waals surface area contributed by atoms with Crippen molar-refractivity contribution >= 4 is 34.8 Å². The number of aromatic nitrogens is 1. The van der Waals surface area contributed by atoms with Crippen LogP contribution in [0.4, 0.5) is 11.4 Å². The van der Waals surface area contributed by atoms with Gasteiger partial charge in [0.25, 0.3) is 11.8 Å². The Balaban J connectivity index is 1.56. The first kappa shape index (κ1) is 17.2. The summed E-state index contributed by atoms with van der Waals surface area (Å²) in [6.45, 7) is 0.630. The summed E-state index contributed by atoms with van der Waals surface area (Å²) in [5, 5.41) is 3.26. The van der Waals surface area contributed by atoms with E-state index >= 15 is 0 Å².